The lowest BCUT2D eigenvalue weighted by atomic mass is 10.1. The topological polar surface area (TPSA) is 12.9 Å². The van der Waals surface area contributed by atoms with Crippen LogP contribution in [0.5, 0.6) is 0 Å². The smallest absolute Gasteiger partial charge is 0.0794 e. The summed E-state index contributed by atoms with van der Waals surface area (Å²) in [5.74, 6) is 0.197. The summed E-state index contributed by atoms with van der Waals surface area (Å²) < 4.78 is 0. The van der Waals surface area contributed by atoms with Crippen molar-refractivity contribution in [3.05, 3.63) is 38.8 Å². The molecular formula is C10H11Cl2NS. The van der Waals surface area contributed by atoms with E-state index in [0.29, 0.717) is 10.1 Å². The Labute approximate surface area is 98.1 Å². The van der Waals surface area contributed by atoms with Crippen molar-refractivity contribution in [3.63, 3.8) is 0 Å². The Morgan fingerprint density at radius 2 is 2.21 bits per heavy atom. The molecule has 1 heterocycles. The molecule has 0 radical (unpaired) electrons. The van der Waals surface area contributed by atoms with Gasteiger partial charge in [-0.1, -0.05) is 42.3 Å². The summed E-state index contributed by atoms with van der Waals surface area (Å²) in [5.41, 5.74) is 2.83. The van der Waals surface area contributed by atoms with Gasteiger partial charge in [-0.3, -0.25) is 0 Å². The molecule has 1 nitrogen and oxygen atoms in total. The van der Waals surface area contributed by atoms with E-state index in [-0.39, 0.29) is 5.92 Å². The van der Waals surface area contributed by atoms with Gasteiger partial charge in [-0.15, -0.1) is 11.3 Å². The van der Waals surface area contributed by atoms with Crippen molar-refractivity contribution in [2.75, 3.05) is 0 Å². The molecule has 0 saturated carbocycles. The van der Waals surface area contributed by atoms with E-state index in [1.54, 1.807) is 17.4 Å². The van der Waals surface area contributed by atoms with Crippen molar-refractivity contribution in [3.8, 4) is 0 Å². The molecule has 0 unspecified atom stereocenters. The number of aromatic nitrogens is 1. The molecule has 0 aliphatic rings. The van der Waals surface area contributed by atoms with Crippen LogP contribution in [0.15, 0.2) is 33.1 Å². The van der Waals surface area contributed by atoms with Crippen LogP contribution in [0.2, 0.25) is 0 Å². The van der Waals surface area contributed by atoms with Gasteiger partial charge in [0.05, 0.1) is 21.3 Å². The van der Waals surface area contributed by atoms with Gasteiger partial charge in [0.15, 0.2) is 0 Å². The van der Waals surface area contributed by atoms with Crippen LogP contribution in [0, 0.1) is 0 Å². The van der Waals surface area contributed by atoms with Gasteiger partial charge in [0, 0.05) is 11.3 Å². The number of nitrogens with zero attached hydrogens (tertiary/aromatic N) is 1. The molecule has 14 heavy (non-hydrogen) atoms. The molecule has 1 rings (SSSR count). The predicted octanol–water partition coefficient (Wildman–Crippen LogP) is 4.51. The normalized spacial score (nSPS) is 15.7. The number of halogens is 2. The van der Waals surface area contributed by atoms with Crippen LogP contribution in [0.3, 0.4) is 0 Å². The summed E-state index contributed by atoms with van der Waals surface area (Å²) in [7, 11) is 0. The molecule has 1 aromatic heterocycles. The van der Waals surface area contributed by atoms with Gasteiger partial charge in [-0.25, -0.2) is 4.98 Å². The quantitative estimate of drug-likeness (QED) is 0.717. The number of hydrogen-bond acceptors (Lipinski definition) is 2. The zero-order valence-corrected chi connectivity index (χ0v) is 10.3. The summed E-state index contributed by atoms with van der Waals surface area (Å²) in [6, 6.07) is 0. The van der Waals surface area contributed by atoms with E-state index < -0.39 is 0 Å². The Kier molecular flexibility index (Phi) is 4.66. The largest absolute Gasteiger partial charge is 0.249 e. The molecule has 4 heteroatoms. The molecule has 1 atom stereocenters. The third-order valence-corrected chi connectivity index (χ3v) is 3.25. The summed E-state index contributed by atoms with van der Waals surface area (Å²) >= 11 is 13.4. The van der Waals surface area contributed by atoms with Crippen LogP contribution in [0.1, 0.15) is 25.5 Å². The van der Waals surface area contributed by atoms with Gasteiger partial charge in [0.25, 0.3) is 0 Å². The second kappa shape index (κ2) is 5.54. The van der Waals surface area contributed by atoms with Crippen LogP contribution in [-0.4, -0.2) is 4.98 Å². The highest BCUT2D eigenvalue weighted by molar-refractivity contribution is 7.07. The predicted molar refractivity (Wildman–Crippen MR) is 64.1 cm³/mol. The lowest BCUT2D eigenvalue weighted by Gasteiger charge is -2.03. The average molecular weight is 248 g/mol. The number of rotatable bonds is 3. The van der Waals surface area contributed by atoms with E-state index in [4.69, 9.17) is 23.2 Å². The summed E-state index contributed by atoms with van der Waals surface area (Å²) in [5, 5.41) is 3.16. The Hall–Kier alpha value is -0.310. The zero-order valence-electron chi connectivity index (χ0n) is 8.00. The van der Waals surface area contributed by atoms with Crippen molar-refractivity contribution in [2.24, 2.45) is 0 Å². The molecule has 0 aliphatic heterocycles. The Morgan fingerprint density at radius 3 is 2.71 bits per heavy atom. The van der Waals surface area contributed by atoms with Gasteiger partial charge < -0.3 is 0 Å². The fourth-order valence-corrected chi connectivity index (χ4v) is 1.99. The van der Waals surface area contributed by atoms with Crippen molar-refractivity contribution < 1.29 is 0 Å². The average Bonchev–Trinajstić information content (AvgIpc) is 2.69. The van der Waals surface area contributed by atoms with Gasteiger partial charge in [0.2, 0.25) is 0 Å². The molecule has 0 aliphatic carbocycles. The molecular weight excluding hydrogens is 237 g/mol. The molecule has 0 spiro atoms. The summed E-state index contributed by atoms with van der Waals surface area (Å²) in [4.78, 5) is 4.21. The molecule has 76 valence electrons. The maximum atomic E-state index is 5.98. The van der Waals surface area contributed by atoms with Crippen molar-refractivity contribution in [1.82, 2.24) is 4.98 Å². The second-order valence-corrected chi connectivity index (χ2v) is 4.39. The SMILES string of the molecule is C/C=C(Cl)\C(Cl)=C/[C@H](C)c1cscn1. The van der Waals surface area contributed by atoms with Crippen LogP contribution < -0.4 is 0 Å². The zero-order chi connectivity index (χ0) is 10.6. The third-order valence-electron chi connectivity index (χ3n) is 1.80. The minimum atomic E-state index is 0.197. The fraction of sp³-hybridized carbons (Fsp3) is 0.300. The van der Waals surface area contributed by atoms with Gasteiger partial charge in [-0.05, 0) is 6.92 Å². The summed E-state index contributed by atoms with van der Waals surface area (Å²) in [6.45, 7) is 3.89. The Bertz CT molecular complexity index is 341. The van der Waals surface area contributed by atoms with E-state index in [1.165, 1.54) is 0 Å². The summed E-state index contributed by atoms with van der Waals surface area (Å²) in [6.07, 6.45) is 3.67. The van der Waals surface area contributed by atoms with Crippen LogP contribution in [0.25, 0.3) is 0 Å². The highest BCUT2D eigenvalue weighted by Gasteiger charge is 2.06. The lowest BCUT2D eigenvalue weighted by Crippen LogP contribution is -1.89. The van der Waals surface area contributed by atoms with Gasteiger partial charge >= 0.3 is 0 Å². The Balaban J connectivity index is 2.78. The van der Waals surface area contributed by atoms with E-state index in [0.717, 1.165) is 5.69 Å². The molecule has 0 bridgehead atoms. The minimum Gasteiger partial charge on any atom is -0.249 e. The van der Waals surface area contributed by atoms with E-state index >= 15 is 0 Å². The third kappa shape index (κ3) is 3.12. The number of thiazole rings is 1. The number of hydrogen-bond donors (Lipinski definition) is 0. The minimum absolute atomic E-state index is 0.197. The molecule has 1 aromatic rings. The number of allylic oxidation sites excluding steroid dienone is 4. The monoisotopic (exact) mass is 247 g/mol. The lowest BCUT2D eigenvalue weighted by molar-refractivity contribution is 0.919. The van der Waals surface area contributed by atoms with Crippen LogP contribution >= 0.6 is 34.5 Å². The highest BCUT2D eigenvalue weighted by Crippen LogP contribution is 2.25. The molecule has 0 saturated heterocycles. The van der Waals surface area contributed by atoms with Crippen molar-refractivity contribution in [1.29, 1.82) is 0 Å². The highest BCUT2D eigenvalue weighted by atomic mass is 35.5. The van der Waals surface area contributed by atoms with E-state index in [9.17, 15) is 0 Å². The van der Waals surface area contributed by atoms with Crippen LogP contribution in [0.4, 0.5) is 0 Å². The van der Waals surface area contributed by atoms with E-state index in [2.05, 4.69) is 4.98 Å². The van der Waals surface area contributed by atoms with Crippen molar-refractivity contribution in [2.45, 2.75) is 19.8 Å². The van der Waals surface area contributed by atoms with Crippen molar-refractivity contribution >= 4 is 34.5 Å². The van der Waals surface area contributed by atoms with Gasteiger partial charge in [0.1, 0.15) is 0 Å². The van der Waals surface area contributed by atoms with Gasteiger partial charge in [-0.2, -0.15) is 0 Å². The maximum Gasteiger partial charge on any atom is 0.0794 e. The maximum absolute atomic E-state index is 5.98. The van der Waals surface area contributed by atoms with Crippen LogP contribution in [-0.2, 0) is 0 Å². The first kappa shape index (κ1) is 11.8. The molecule has 0 aromatic carbocycles. The molecule has 0 fully saturated rings. The first-order valence-corrected chi connectivity index (χ1v) is 5.92. The first-order valence-electron chi connectivity index (χ1n) is 4.22. The molecule has 0 amide bonds. The first-order chi connectivity index (χ1) is 6.65. The standard InChI is InChI=1S/C10H11Cl2NS/c1-3-8(11)9(12)4-7(2)10-5-14-6-13-10/h3-7H,1-2H3/b8-3+,9-4+/t7-/m0/s1. The Morgan fingerprint density at radius 1 is 1.50 bits per heavy atom. The second-order valence-electron chi connectivity index (χ2n) is 2.85. The molecule has 0 N–H and O–H groups in total. The fourth-order valence-electron chi connectivity index (χ4n) is 0.969. The van der Waals surface area contributed by atoms with E-state index in [1.807, 2.05) is 30.8 Å².